The summed E-state index contributed by atoms with van der Waals surface area (Å²) in [6.07, 6.45) is 0. The average Bonchev–Trinajstić information content (AvgIpc) is 3.27. The fourth-order valence-corrected chi connectivity index (χ4v) is 4.22. The maximum atomic E-state index is 12.7. The van der Waals surface area contributed by atoms with Gasteiger partial charge in [-0.3, -0.25) is 4.79 Å². The quantitative estimate of drug-likeness (QED) is 0.458. The molecule has 0 aliphatic carbocycles. The van der Waals surface area contributed by atoms with Gasteiger partial charge >= 0.3 is 5.63 Å². The molecule has 0 fully saturated rings. The van der Waals surface area contributed by atoms with Crippen molar-refractivity contribution in [1.29, 1.82) is 0 Å². The van der Waals surface area contributed by atoms with Gasteiger partial charge in [-0.15, -0.1) is 11.3 Å². The Morgan fingerprint density at radius 1 is 1.10 bits per heavy atom. The van der Waals surface area contributed by atoms with E-state index in [1.807, 2.05) is 67.8 Å². The minimum atomic E-state index is -0.403. The van der Waals surface area contributed by atoms with Crippen LogP contribution in [0.5, 0.6) is 5.75 Å². The number of ether oxygens (including phenoxy) is 1. The largest absolute Gasteiger partial charge is 0.483 e. The molecule has 2 aromatic heterocycles. The van der Waals surface area contributed by atoms with E-state index >= 15 is 0 Å². The number of carbonyl (C=O) groups is 1. The van der Waals surface area contributed by atoms with Crippen molar-refractivity contribution in [2.24, 2.45) is 0 Å². The second kappa shape index (κ2) is 8.55. The van der Waals surface area contributed by atoms with Gasteiger partial charge in [0.15, 0.2) is 6.61 Å². The second-order valence-electron chi connectivity index (χ2n) is 7.03. The van der Waals surface area contributed by atoms with Crippen LogP contribution < -0.4 is 15.7 Å². The molecule has 152 valence electrons. The van der Waals surface area contributed by atoms with Crippen LogP contribution in [0.15, 0.2) is 75.3 Å². The van der Waals surface area contributed by atoms with Gasteiger partial charge in [-0.05, 0) is 48.6 Å². The lowest BCUT2D eigenvalue weighted by Crippen LogP contribution is -2.33. The molecule has 0 aliphatic heterocycles. The fraction of sp³-hybridized carbons (Fsp3) is 0.167. The molecule has 1 atom stereocenters. The van der Waals surface area contributed by atoms with Gasteiger partial charge in [-0.2, -0.15) is 0 Å². The highest BCUT2D eigenvalue weighted by Crippen LogP contribution is 2.29. The van der Waals surface area contributed by atoms with Gasteiger partial charge in [0.25, 0.3) is 5.91 Å². The van der Waals surface area contributed by atoms with Crippen LogP contribution in [-0.4, -0.2) is 12.5 Å². The minimum absolute atomic E-state index is 0.142. The lowest BCUT2D eigenvalue weighted by atomic mass is 10.1. The number of thiophene rings is 1. The first-order chi connectivity index (χ1) is 14.5. The molecule has 0 spiro atoms. The number of rotatable bonds is 6. The van der Waals surface area contributed by atoms with E-state index in [0.717, 1.165) is 21.4 Å². The van der Waals surface area contributed by atoms with E-state index in [4.69, 9.17) is 9.15 Å². The number of nitrogens with one attached hydrogen (secondary N) is 1. The number of benzene rings is 2. The molecule has 30 heavy (non-hydrogen) atoms. The Balaban J connectivity index is 1.52. The van der Waals surface area contributed by atoms with Crippen LogP contribution in [0.4, 0.5) is 0 Å². The highest BCUT2D eigenvalue weighted by atomic mass is 32.1. The molecule has 1 amide bonds. The molecule has 4 rings (SSSR count). The van der Waals surface area contributed by atoms with Crippen molar-refractivity contribution in [3.63, 3.8) is 0 Å². The van der Waals surface area contributed by atoms with Gasteiger partial charge < -0.3 is 14.5 Å². The molecule has 0 radical (unpaired) electrons. The minimum Gasteiger partial charge on any atom is -0.483 e. The smallest absolute Gasteiger partial charge is 0.336 e. The Labute approximate surface area is 177 Å². The predicted molar refractivity (Wildman–Crippen MR) is 118 cm³/mol. The van der Waals surface area contributed by atoms with E-state index in [0.29, 0.717) is 16.9 Å². The van der Waals surface area contributed by atoms with Gasteiger partial charge in [0.05, 0.1) is 6.04 Å². The number of hydrogen-bond donors (Lipinski definition) is 1. The third-order valence-electron chi connectivity index (χ3n) is 4.94. The summed E-state index contributed by atoms with van der Waals surface area (Å²) in [5.74, 6) is 0.279. The fourth-order valence-electron chi connectivity index (χ4n) is 3.42. The first kappa shape index (κ1) is 19.9. The van der Waals surface area contributed by atoms with Crippen molar-refractivity contribution in [3.8, 4) is 5.75 Å². The first-order valence-corrected chi connectivity index (χ1v) is 10.5. The standard InChI is InChI=1S/C24H21NO4S/c1-15-13-22(27)29-24-16(2)19(11-10-18(15)24)28-14-21(26)25-23(20-9-6-12-30-20)17-7-4-3-5-8-17/h3-13,23H,14H2,1-2H3,(H,25,26)/t23-/m1/s1. The molecule has 6 heteroatoms. The van der Waals surface area contributed by atoms with Crippen molar-refractivity contribution in [2.75, 3.05) is 6.61 Å². The predicted octanol–water partition coefficient (Wildman–Crippen LogP) is 4.76. The van der Waals surface area contributed by atoms with Crippen molar-refractivity contribution < 1.29 is 13.9 Å². The number of hydrogen-bond acceptors (Lipinski definition) is 5. The maximum Gasteiger partial charge on any atom is 0.336 e. The van der Waals surface area contributed by atoms with Crippen molar-refractivity contribution in [2.45, 2.75) is 19.9 Å². The summed E-state index contributed by atoms with van der Waals surface area (Å²) in [7, 11) is 0. The molecule has 5 nitrogen and oxygen atoms in total. The lowest BCUT2D eigenvalue weighted by Gasteiger charge is -2.18. The summed E-state index contributed by atoms with van der Waals surface area (Å²) < 4.78 is 11.1. The number of carbonyl (C=O) groups excluding carboxylic acids is 1. The average molecular weight is 420 g/mol. The molecule has 0 saturated heterocycles. The van der Waals surface area contributed by atoms with Crippen LogP contribution >= 0.6 is 11.3 Å². The summed E-state index contributed by atoms with van der Waals surface area (Å²) in [6.45, 7) is 3.54. The topological polar surface area (TPSA) is 68.5 Å². The molecule has 0 aliphatic rings. The van der Waals surface area contributed by atoms with Crippen molar-refractivity contribution in [3.05, 3.63) is 98.0 Å². The Bertz CT molecular complexity index is 1230. The van der Waals surface area contributed by atoms with Crippen LogP contribution in [0.2, 0.25) is 0 Å². The summed E-state index contributed by atoms with van der Waals surface area (Å²) in [5.41, 5.74) is 2.62. The normalized spacial score (nSPS) is 11.9. The Hall–Kier alpha value is -3.38. The van der Waals surface area contributed by atoms with E-state index in [2.05, 4.69) is 5.32 Å². The Morgan fingerprint density at radius 3 is 2.63 bits per heavy atom. The molecule has 2 heterocycles. The van der Waals surface area contributed by atoms with Crippen LogP contribution in [0.25, 0.3) is 11.0 Å². The van der Waals surface area contributed by atoms with Gasteiger partial charge in [-0.25, -0.2) is 4.79 Å². The molecule has 2 aromatic carbocycles. The molecule has 0 unspecified atom stereocenters. The zero-order chi connectivity index (χ0) is 21.1. The van der Waals surface area contributed by atoms with E-state index in [9.17, 15) is 9.59 Å². The SMILES string of the molecule is Cc1cc(=O)oc2c(C)c(OCC(=O)N[C@H](c3ccccc3)c3cccs3)ccc12. The molecule has 0 bridgehead atoms. The van der Waals surface area contributed by atoms with E-state index in [1.54, 1.807) is 17.4 Å². The number of aryl methyl sites for hydroxylation is 2. The summed E-state index contributed by atoms with van der Waals surface area (Å²) in [5, 5.41) is 5.89. The van der Waals surface area contributed by atoms with Gasteiger partial charge in [0.1, 0.15) is 11.3 Å². The highest BCUT2D eigenvalue weighted by Gasteiger charge is 2.18. The molecular formula is C24H21NO4S. The van der Waals surface area contributed by atoms with Crippen LogP contribution in [-0.2, 0) is 4.79 Å². The van der Waals surface area contributed by atoms with Crippen LogP contribution in [0.3, 0.4) is 0 Å². The van der Waals surface area contributed by atoms with Crippen LogP contribution in [0, 0.1) is 13.8 Å². The van der Waals surface area contributed by atoms with E-state index in [1.165, 1.54) is 6.07 Å². The third-order valence-corrected chi connectivity index (χ3v) is 5.88. The molecule has 1 N–H and O–H groups in total. The summed E-state index contributed by atoms with van der Waals surface area (Å²) in [4.78, 5) is 25.5. The highest BCUT2D eigenvalue weighted by molar-refractivity contribution is 7.10. The second-order valence-corrected chi connectivity index (χ2v) is 8.01. The monoisotopic (exact) mass is 419 g/mol. The van der Waals surface area contributed by atoms with Gasteiger partial charge in [-0.1, -0.05) is 36.4 Å². The maximum absolute atomic E-state index is 12.7. The third kappa shape index (κ3) is 4.14. The Kier molecular flexibility index (Phi) is 5.68. The number of amides is 1. The lowest BCUT2D eigenvalue weighted by molar-refractivity contribution is -0.123. The van der Waals surface area contributed by atoms with E-state index in [-0.39, 0.29) is 18.6 Å². The Morgan fingerprint density at radius 2 is 1.90 bits per heavy atom. The first-order valence-electron chi connectivity index (χ1n) is 9.57. The van der Waals surface area contributed by atoms with Gasteiger partial charge in [0.2, 0.25) is 0 Å². The van der Waals surface area contributed by atoms with E-state index < -0.39 is 5.63 Å². The molecule has 0 saturated carbocycles. The number of fused-ring (bicyclic) bond motifs is 1. The zero-order valence-electron chi connectivity index (χ0n) is 16.7. The molecular weight excluding hydrogens is 398 g/mol. The summed E-state index contributed by atoms with van der Waals surface area (Å²) >= 11 is 1.59. The van der Waals surface area contributed by atoms with Crippen LogP contribution in [0.1, 0.15) is 27.6 Å². The van der Waals surface area contributed by atoms with Crippen molar-refractivity contribution in [1.82, 2.24) is 5.32 Å². The van der Waals surface area contributed by atoms with Gasteiger partial charge in [0, 0.05) is 21.9 Å². The molecule has 4 aromatic rings. The zero-order valence-corrected chi connectivity index (χ0v) is 17.5. The summed E-state index contributed by atoms with van der Waals surface area (Å²) in [6, 6.07) is 18.7. The van der Waals surface area contributed by atoms with Crippen molar-refractivity contribution >= 4 is 28.2 Å².